The normalized spacial score (nSPS) is 24.3. The molecule has 1 aromatic carbocycles. The summed E-state index contributed by atoms with van der Waals surface area (Å²) in [7, 11) is 0. The molecule has 6 nitrogen and oxygen atoms in total. The van der Waals surface area contributed by atoms with Crippen LogP contribution < -0.4 is 4.90 Å². The lowest BCUT2D eigenvalue weighted by atomic mass is 9.90. The van der Waals surface area contributed by atoms with E-state index in [-0.39, 0.29) is 18.4 Å². The molecule has 3 rings (SSSR count). The first-order valence-electron chi connectivity index (χ1n) is 7.84. The second-order valence-electron chi connectivity index (χ2n) is 6.54. The van der Waals surface area contributed by atoms with Gasteiger partial charge in [0.1, 0.15) is 0 Å². The zero-order valence-corrected chi connectivity index (χ0v) is 13.1. The second kappa shape index (κ2) is 5.68. The number of amides is 2. The van der Waals surface area contributed by atoms with Crippen LogP contribution in [0.25, 0.3) is 0 Å². The number of rotatable bonds is 3. The maximum atomic E-state index is 12.6. The van der Waals surface area contributed by atoms with E-state index >= 15 is 0 Å². The quantitative estimate of drug-likeness (QED) is 0.921. The van der Waals surface area contributed by atoms with Crippen molar-refractivity contribution >= 4 is 23.5 Å². The molecule has 2 heterocycles. The number of carbonyl (C=O) groups is 3. The summed E-state index contributed by atoms with van der Waals surface area (Å²) < 4.78 is 0. The van der Waals surface area contributed by atoms with Crippen molar-refractivity contribution in [2.24, 2.45) is 5.41 Å². The molecule has 2 saturated heterocycles. The predicted octanol–water partition coefficient (Wildman–Crippen LogP) is 1.75. The van der Waals surface area contributed by atoms with Crippen molar-refractivity contribution in [3.8, 4) is 0 Å². The fourth-order valence-corrected chi connectivity index (χ4v) is 3.22. The number of nitrogens with zero attached hydrogens (tertiary/aromatic N) is 2. The van der Waals surface area contributed by atoms with Crippen LogP contribution in [0, 0.1) is 5.41 Å². The van der Waals surface area contributed by atoms with E-state index in [4.69, 9.17) is 0 Å². The fourth-order valence-electron chi connectivity index (χ4n) is 3.22. The summed E-state index contributed by atoms with van der Waals surface area (Å²) in [4.78, 5) is 39.1. The number of carbonyl (C=O) groups excluding carboxylic acids is 2. The van der Waals surface area contributed by atoms with Gasteiger partial charge in [-0.2, -0.15) is 0 Å². The third kappa shape index (κ3) is 2.81. The molecular formula is C17H20N2O4. The number of benzene rings is 1. The molecule has 23 heavy (non-hydrogen) atoms. The van der Waals surface area contributed by atoms with Gasteiger partial charge in [-0.05, 0) is 38.0 Å². The Kier molecular flexibility index (Phi) is 3.83. The van der Waals surface area contributed by atoms with Gasteiger partial charge in [0, 0.05) is 37.3 Å². The van der Waals surface area contributed by atoms with Crippen molar-refractivity contribution in [3.05, 3.63) is 29.8 Å². The molecule has 1 atom stereocenters. The molecule has 0 aromatic heterocycles. The lowest BCUT2D eigenvalue weighted by molar-refractivity contribution is -0.147. The average Bonchev–Trinajstić information content (AvgIpc) is 3.14. The summed E-state index contributed by atoms with van der Waals surface area (Å²) in [5, 5.41) is 9.28. The molecule has 0 radical (unpaired) electrons. The zero-order chi connectivity index (χ0) is 16.6. The van der Waals surface area contributed by atoms with Crippen molar-refractivity contribution in [2.45, 2.75) is 26.2 Å². The number of likely N-dealkylation sites (tertiary alicyclic amines) is 1. The monoisotopic (exact) mass is 316 g/mol. The maximum absolute atomic E-state index is 12.6. The Bertz CT molecular complexity index is 672. The van der Waals surface area contributed by atoms with Gasteiger partial charge >= 0.3 is 5.97 Å². The topological polar surface area (TPSA) is 77.9 Å². The van der Waals surface area contributed by atoms with Gasteiger partial charge < -0.3 is 14.9 Å². The standard InChI is InChI=1S/C17H20N2O4/c1-17(16(22)23)7-9-18(11-17)15(21)12-4-2-5-13(10-12)19-8-3-6-14(19)20/h2,4-5,10H,3,6-9,11H2,1H3,(H,22,23)/t17-/m0/s1. The van der Waals surface area contributed by atoms with Gasteiger partial charge in [-0.15, -0.1) is 0 Å². The molecule has 0 spiro atoms. The minimum absolute atomic E-state index is 0.0780. The first-order valence-corrected chi connectivity index (χ1v) is 7.84. The zero-order valence-electron chi connectivity index (χ0n) is 13.1. The molecule has 2 aliphatic heterocycles. The van der Waals surface area contributed by atoms with Gasteiger partial charge in [-0.25, -0.2) is 0 Å². The largest absolute Gasteiger partial charge is 0.481 e. The van der Waals surface area contributed by atoms with Crippen LogP contribution in [0.1, 0.15) is 36.5 Å². The van der Waals surface area contributed by atoms with E-state index in [1.54, 1.807) is 34.9 Å². The number of hydrogen-bond acceptors (Lipinski definition) is 3. The van der Waals surface area contributed by atoms with E-state index in [2.05, 4.69) is 0 Å². The van der Waals surface area contributed by atoms with E-state index in [1.165, 1.54) is 0 Å². The second-order valence-corrected chi connectivity index (χ2v) is 6.54. The molecule has 2 amide bonds. The predicted molar refractivity (Wildman–Crippen MR) is 84.3 cm³/mol. The summed E-state index contributed by atoms with van der Waals surface area (Å²) in [6.07, 6.45) is 1.83. The number of anilines is 1. The van der Waals surface area contributed by atoms with Crippen LogP contribution in [0.4, 0.5) is 5.69 Å². The SMILES string of the molecule is C[C@]1(C(=O)O)CCN(C(=O)c2cccc(N3CCCC3=O)c2)C1. The third-order valence-electron chi connectivity index (χ3n) is 4.76. The van der Waals surface area contributed by atoms with Gasteiger partial charge in [-0.1, -0.05) is 6.07 Å². The number of carboxylic acids is 1. The first kappa shape index (κ1) is 15.5. The van der Waals surface area contributed by atoms with Crippen LogP contribution in [0.15, 0.2) is 24.3 Å². The Labute approximate surface area is 134 Å². The average molecular weight is 316 g/mol. The molecule has 1 N–H and O–H groups in total. The lowest BCUT2D eigenvalue weighted by Crippen LogP contribution is -2.35. The van der Waals surface area contributed by atoms with Crippen LogP contribution in [-0.2, 0) is 9.59 Å². The van der Waals surface area contributed by atoms with Crippen molar-refractivity contribution < 1.29 is 19.5 Å². The third-order valence-corrected chi connectivity index (χ3v) is 4.76. The Balaban J connectivity index is 1.78. The van der Waals surface area contributed by atoms with Gasteiger partial charge in [0.25, 0.3) is 5.91 Å². The highest BCUT2D eigenvalue weighted by atomic mass is 16.4. The highest BCUT2D eigenvalue weighted by Gasteiger charge is 2.42. The van der Waals surface area contributed by atoms with E-state index in [0.29, 0.717) is 31.5 Å². The van der Waals surface area contributed by atoms with Gasteiger partial charge in [0.05, 0.1) is 5.41 Å². The van der Waals surface area contributed by atoms with Crippen molar-refractivity contribution in [2.75, 3.05) is 24.5 Å². The molecule has 122 valence electrons. The minimum atomic E-state index is -0.877. The Morgan fingerprint density at radius 2 is 2.04 bits per heavy atom. The van der Waals surface area contributed by atoms with Crippen LogP contribution in [0.2, 0.25) is 0 Å². The molecule has 1 aromatic rings. The smallest absolute Gasteiger partial charge is 0.311 e. The number of aliphatic carboxylic acids is 1. The molecule has 0 unspecified atom stereocenters. The van der Waals surface area contributed by atoms with E-state index in [0.717, 1.165) is 12.1 Å². The maximum Gasteiger partial charge on any atom is 0.311 e. The van der Waals surface area contributed by atoms with Crippen LogP contribution in [0.5, 0.6) is 0 Å². The van der Waals surface area contributed by atoms with E-state index < -0.39 is 11.4 Å². The molecular weight excluding hydrogens is 296 g/mol. The molecule has 0 aliphatic carbocycles. The van der Waals surface area contributed by atoms with Crippen molar-refractivity contribution in [3.63, 3.8) is 0 Å². The molecule has 6 heteroatoms. The summed E-state index contributed by atoms with van der Waals surface area (Å²) in [5.74, 6) is -0.970. The Morgan fingerprint density at radius 3 is 2.65 bits per heavy atom. The van der Waals surface area contributed by atoms with Crippen LogP contribution >= 0.6 is 0 Å². The molecule has 2 fully saturated rings. The van der Waals surface area contributed by atoms with Gasteiger partial charge in [-0.3, -0.25) is 14.4 Å². The van der Waals surface area contributed by atoms with E-state index in [9.17, 15) is 19.5 Å². The van der Waals surface area contributed by atoms with Gasteiger partial charge in [0.15, 0.2) is 0 Å². The van der Waals surface area contributed by atoms with E-state index in [1.807, 2.05) is 6.07 Å². The van der Waals surface area contributed by atoms with Crippen LogP contribution in [-0.4, -0.2) is 47.4 Å². The highest BCUT2D eigenvalue weighted by molar-refractivity contribution is 5.99. The summed E-state index contributed by atoms with van der Waals surface area (Å²) in [6, 6.07) is 7.02. The molecule has 2 aliphatic rings. The molecule has 0 bridgehead atoms. The number of carboxylic acid groups (broad SMARTS) is 1. The highest BCUT2D eigenvalue weighted by Crippen LogP contribution is 2.31. The van der Waals surface area contributed by atoms with Gasteiger partial charge in [0.2, 0.25) is 5.91 Å². The fraction of sp³-hybridized carbons (Fsp3) is 0.471. The first-order chi connectivity index (χ1) is 10.9. The summed E-state index contributed by atoms with van der Waals surface area (Å²) in [6.45, 7) is 3.00. The Morgan fingerprint density at radius 1 is 1.26 bits per heavy atom. The summed E-state index contributed by atoms with van der Waals surface area (Å²) in [5.41, 5.74) is 0.355. The molecule has 0 saturated carbocycles. The van der Waals surface area contributed by atoms with Crippen molar-refractivity contribution in [1.82, 2.24) is 4.90 Å². The van der Waals surface area contributed by atoms with Crippen molar-refractivity contribution in [1.29, 1.82) is 0 Å². The van der Waals surface area contributed by atoms with Crippen LogP contribution in [0.3, 0.4) is 0 Å². The summed E-state index contributed by atoms with van der Waals surface area (Å²) >= 11 is 0. The number of hydrogen-bond donors (Lipinski definition) is 1. The Hall–Kier alpha value is -2.37. The lowest BCUT2D eigenvalue weighted by Gasteiger charge is -2.21. The minimum Gasteiger partial charge on any atom is -0.481 e.